The van der Waals surface area contributed by atoms with Gasteiger partial charge in [0.1, 0.15) is 5.75 Å². The molecule has 0 aliphatic heterocycles. The highest BCUT2D eigenvalue weighted by Gasteiger charge is 2.11. The number of hydrogen-bond acceptors (Lipinski definition) is 3. The molecule has 0 aromatic heterocycles. The van der Waals surface area contributed by atoms with Gasteiger partial charge in [0.05, 0.1) is 0 Å². The van der Waals surface area contributed by atoms with Crippen molar-refractivity contribution in [3.05, 3.63) is 59.7 Å². The number of hydrogen-bond donors (Lipinski definition) is 1. The lowest BCUT2D eigenvalue weighted by molar-refractivity contribution is -0.118. The van der Waals surface area contributed by atoms with Crippen LogP contribution < -0.4 is 10.1 Å². The van der Waals surface area contributed by atoms with Crippen LogP contribution in [0.3, 0.4) is 0 Å². The molecule has 2 aromatic carbocycles. The van der Waals surface area contributed by atoms with Crippen molar-refractivity contribution in [2.24, 2.45) is 0 Å². The first-order chi connectivity index (χ1) is 11.5. The van der Waals surface area contributed by atoms with Gasteiger partial charge in [0.2, 0.25) is 0 Å². The number of benzene rings is 2. The highest BCUT2D eigenvalue weighted by molar-refractivity contribution is 5.95. The molecular formula is C20H23NO3. The minimum absolute atomic E-state index is 0.00198. The second-order valence-corrected chi connectivity index (χ2v) is 5.82. The molecule has 2 aromatic rings. The van der Waals surface area contributed by atoms with Crippen LogP contribution in [0.1, 0.15) is 49.0 Å². The van der Waals surface area contributed by atoms with Gasteiger partial charge in [-0.2, -0.15) is 0 Å². The Labute approximate surface area is 142 Å². The van der Waals surface area contributed by atoms with E-state index in [1.807, 2.05) is 24.3 Å². The van der Waals surface area contributed by atoms with Gasteiger partial charge in [-0.1, -0.05) is 32.0 Å². The summed E-state index contributed by atoms with van der Waals surface area (Å²) in [6, 6.07) is 14.6. The van der Waals surface area contributed by atoms with Crippen LogP contribution in [0.25, 0.3) is 0 Å². The van der Waals surface area contributed by atoms with Gasteiger partial charge in [0.25, 0.3) is 5.91 Å². The summed E-state index contributed by atoms with van der Waals surface area (Å²) in [5.74, 6) is 0.889. The first kappa shape index (κ1) is 17.7. The quantitative estimate of drug-likeness (QED) is 0.767. The summed E-state index contributed by atoms with van der Waals surface area (Å²) in [5.41, 5.74) is 2.37. The van der Waals surface area contributed by atoms with Crippen molar-refractivity contribution in [2.45, 2.75) is 33.1 Å². The molecule has 0 spiro atoms. The van der Waals surface area contributed by atoms with Gasteiger partial charge in [0, 0.05) is 11.3 Å². The molecule has 4 nitrogen and oxygen atoms in total. The van der Waals surface area contributed by atoms with Crippen LogP contribution in [0.2, 0.25) is 0 Å². The summed E-state index contributed by atoms with van der Waals surface area (Å²) < 4.78 is 5.69. The van der Waals surface area contributed by atoms with E-state index in [0.29, 0.717) is 17.2 Å². The molecule has 0 bridgehead atoms. The average molecular weight is 325 g/mol. The molecular weight excluding hydrogens is 302 g/mol. The zero-order valence-electron chi connectivity index (χ0n) is 14.3. The van der Waals surface area contributed by atoms with Crippen LogP contribution >= 0.6 is 0 Å². The summed E-state index contributed by atoms with van der Waals surface area (Å²) in [7, 11) is 0. The molecule has 0 aliphatic rings. The molecule has 0 fully saturated rings. The Hall–Kier alpha value is -2.62. The van der Waals surface area contributed by atoms with E-state index in [0.717, 1.165) is 17.7 Å². The van der Waals surface area contributed by atoms with Crippen LogP contribution in [-0.2, 0) is 4.79 Å². The van der Waals surface area contributed by atoms with E-state index in [1.54, 1.807) is 24.3 Å². The second-order valence-electron chi connectivity index (χ2n) is 5.82. The number of ketones is 1. The first-order valence-electron chi connectivity index (χ1n) is 8.13. The van der Waals surface area contributed by atoms with Gasteiger partial charge in [-0.3, -0.25) is 9.59 Å². The molecule has 0 saturated carbocycles. The van der Waals surface area contributed by atoms with E-state index in [4.69, 9.17) is 4.74 Å². The number of carbonyl (C=O) groups excluding carboxylic acids is 2. The zero-order chi connectivity index (χ0) is 17.5. The molecule has 0 saturated heterocycles. The third kappa shape index (κ3) is 4.69. The van der Waals surface area contributed by atoms with Crippen molar-refractivity contribution in [3.8, 4) is 5.75 Å². The zero-order valence-corrected chi connectivity index (χ0v) is 14.3. The average Bonchev–Trinajstić information content (AvgIpc) is 2.60. The number of amides is 1. The fourth-order valence-corrected chi connectivity index (χ4v) is 2.37. The fraction of sp³-hybridized carbons (Fsp3) is 0.300. The van der Waals surface area contributed by atoms with E-state index in [1.165, 1.54) is 6.92 Å². The number of anilines is 1. The number of carbonyl (C=O) groups is 2. The smallest absolute Gasteiger partial charge is 0.262 e. The van der Waals surface area contributed by atoms with Crippen LogP contribution in [0, 0.1) is 0 Å². The standard InChI is InChI=1S/C20H23NO3/c1-4-14(2)18-7-5-6-8-19(18)24-13-20(23)21-17-11-9-16(10-12-17)15(3)22/h5-12,14H,4,13H2,1-3H3,(H,21,23)/t14-/m1/s1. The second kappa shape index (κ2) is 8.29. The minimum atomic E-state index is -0.232. The lowest BCUT2D eigenvalue weighted by Crippen LogP contribution is -2.20. The van der Waals surface area contributed by atoms with E-state index in [9.17, 15) is 9.59 Å². The molecule has 1 amide bonds. The van der Waals surface area contributed by atoms with Crippen molar-refractivity contribution in [1.82, 2.24) is 0 Å². The maximum absolute atomic E-state index is 12.1. The molecule has 0 radical (unpaired) electrons. The van der Waals surface area contributed by atoms with E-state index < -0.39 is 0 Å². The van der Waals surface area contributed by atoms with Crippen molar-refractivity contribution in [3.63, 3.8) is 0 Å². The molecule has 0 heterocycles. The predicted molar refractivity (Wildman–Crippen MR) is 95.7 cm³/mol. The fourth-order valence-electron chi connectivity index (χ4n) is 2.37. The highest BCUT2D eigenvalue weighted by atomic mass is 16.5. The predicted octanol–water partition coefficient (Wildman–Crippen LogP) is 4.42. The molecule has 4 heteroatoms. The van der Waals surface area contributed by atoms with Crippen molar-refractivity contribution in [2.75, 3.05) is 11.9 Å². The summed E-state index contributed by atoms with van der Waals surface area (Å²) >= 11 is 0. The summed E-state index contributed by atoms with van der Waals surface area (Å²) in [5, 5.41) is 2.77. The maximum atomic E-state index is 12.1. The largest absolute Gasteiger partial charge is 0.483 e. The monoisotopic (exact) mass is 325 g/mol. The van der Waals surface area contributed by atoms with Crippen molar-refractivity contribution < 1.29 is 14.3 Å². The molecule has 1 N–H and O–H groups in total. The van der Waals surface area contributed by atoms with Crippen molar-refractivity contribution in [1.29, 1.82) is 0 Å². The Bertz CT molecular complexity index is 707. The Kier molecular flexibility index (Phi) is 6.13. The van der Waals surface area contributed by atoms with Gasteiger partial charge in [-0.05, 0) is 55.2 Å². The third-order valence-corrected chi connectivity index (χ3v) is 4.00. The van der Waals surface area contributed by atoms with Gasteiger partial charge in [-0.15, -0.1) is 0 Å². The van der Waals surface area contributed by atoms with Crippen LogP contribution in [0.5, 0.6) is 5.75 Å². The van der Waals surface area contributed by atoms with E-state index >= 15 is 0 Å². The Balaban J connectivity index is 1.95. The van der Waals surface area contributed by atoms with Gasteiger partial charge < -0.3 is 10.1 Å². The SMILES string of the molecule is CC[C@@H](C)c1ccccc1OCC(=O)Nc1ccc(C(C)=O)cc1. The van der Waals surface area contributed by atoms with Crippen molar-refractivity contribution >= 4 is 17.4 Å². The van der Waals surface area contributed by atoms with Gasteiger partial charge in [-0.25, -0.2) is 0 Å². The number of ether oxygens (including phenoxy) is 1. The Morgan fingerprint density at radius 2 is 1.75 bits per heavy atom. The number of nitrogens with one attached hydrogen (secondary N) is 1. The molecule has 24 heavy (non-hydrogen) atoms. The van der Waals surface area contributed by atoms with Crippen LogP contribution in [-0.4, -0.2) is 18.3 Å². The van der Waals surface area contributed by atoms with Gasteiger partial charge in [0.15, 0.2) is 12.4 Å². The first-order valence-corrected chi connectivity index (χ1v) is 8.13. The van der Waals surface area contributed by atoms with E-state index in [2.05, 4.69) is 19.2 Å². The molecule has 0 aliphatic carbocycles. The Morgan fingerprint density at radius 1 is 1.08 bits per heavy atom. The van der Waals surface area contributed by atoms with Crippen LogP contribution in [0.4, 0.5) is 5.69 Å². The molecule has 2 rings (SSSR count). The van der Waals surface area contributed by atoms with Crippen LogP contribution in [0.15, 0.2) is 48.5 Å². The summed E-state index contributed by atoms with van der Waals surface area (Å²) in [4.78, 5) is 23.3. The molecule has 126 valence electrons. The summed E-state index contributed by atoms with van der Waals surface area (Å²) in [6.45, 7) is 5.72. The lowest BCUT2D eigenvalue weighted by Gasteiger charge is -2.15. The summed E-state index contributed by atoms with van der Waals surface area (Å²) in [6.07, 6.45) is 1.01. The maximum Gasteiger partial charge on any atom is 0.262 e. The highest BCUT2D eigenvalue weighted by Crippen LogP contribution is 2.28. The number of Topliss-reactive ketones (excluding diaryl/α,β-unsaturated/α-hetero) is 1. The number of para-hydroxylation sites is 1. The van der Waals surface area contributed by atoms with Gasteiger partial charge >= 0.3 is 0 Å². The minimum Gasteiger partial charge on any atom is -0.483 e. The number of rotatable bonds is 7. The molecule has 1 atom stereocenters. The topological polar surface area (TPSA) is 55.4 Å². The van der Waals surface area contributed by atoms with E-state index in [-0.39, 0.29) is 18.3 Å². The molecule has 0 unspecified atom stereocenters. The lowest BCUT2D eigenvalue weighted by atomic mass is 9.98. The normalized spacial score (nSPS) is 11.6. The Morgan fingerprint density at radius 3 is 2.38 bits per heavy atom. The third-order valence-electron chi connectivity index (χ3n) is 4.00.